The molecule has 1 unspecified atom stereocenters. The fourth-order valence-corrected chi connectivity index (χ4v) is 1.66. The van der Waals surface area contributed by atoms with Crippen molar-refractivity contribution in [2.24, 2.45) is 0 Å². The maximum atomic E-state index is 13.0. The van der Waals surface area contributed by atoms with E-state index in [1.54, 1.807) is 0 Å². The number of benzene rings is 2. The Labute approximate surface area is 99.1 Å². The summed E-state index contributed by atoms with van der Waals surface area (Å²) in [7, 11) is 0. The molecule has 1 N–H and O–H groups in total. The van der Waals surface area contributed by atoms with Gasteiger partial charge in [0.15, 0.2) is 11.6 Å². The summed E-state index contributed by atoms with van der Waals surface area (Å²) < 4.78 is 25.8. The van der Waals surface area contributed by atoms with Gasteiger partial charge in [0.05, 0.1) is 0 Å². The van der Waals surface area contributed by atoms with Gasteiger partial charge in [0.2, 0.25) is 0 Å². The lowest BCUT2D eigenvalue weighted by Crippen LogP contribution is -2.06. The molecular formula is C14H13F2N. The van der Waals surface area contributed by atoms with Gasteiger partial charge in [-0.3, -0.25) is 0 Å². The Bertz CT molecular complexity index is 497. The van der Waals surface area contributed by atoms with Crippen LogP contribution in [0.4, 0.5) is 14.5 Å². The van der Waals surface area contributed by atoms with Crippen LogP contribution in [0.2, 0.25) is 0 Å². The summed E-state index contributed by atoms with van der Waals surface area (Å²) in [6.45, 7) is 1.97. The molecule has 0 aliphatic heterocycles. The molecule has 17 heavy (non-hydrogen) atoms. The molecule has 0 aromatic heterocycles. The third kappa shape index (κ3) is 2.81. The van der Waals surface area contributed by atoms with Gasteiger partial charge in [-0.05, 0) is 24.6 Å². The zero-order valence-electron chi connectivity index (χ0n) is 9.45. The second-order valence-corrected chi connectivity index (χ2v) is 3.91. The lowest BCUT2D eigenvalue weighted by Gasteiger charge is -2.15. The van der Waals surface area contributed by atoms with Gasteiger partial charge in [0.25, 0.3) is 0 Å². The summed E-state index contributed by atoms with van der Waals surface area (Å²) in [6, 6.07) is 13.6. The highest BCUT2D eigenvalue weighted by atomic mass is 19.2. The Hall–Kier alpha value is -1.90. The maximum Gasteiger partial charge on any atom is 0.160 e. The van der Waals surface area contributed by atoms with E-state index in [0.717, 1.165) is 17.7 Å². The van der Waals surface area contributed by atoms with Crippen molar-refractivity contribution in [2.75, 3.05) is 5.32 Å². The highest BCUT2D eigenvalue weighted by Gasteiger charge is 2.06. The van der Waals surface area contributed by atoms with Gasteiger partial charge in [0, 0.05) is 17.8 Å². The standard InChI is InChI=1S/C14H13F2N/c1-10(11-5-3-2-4-6-11)17-12-7-8-13(15)14(16)9-12/h2-10,17H,1H3. The molecule has 0 bridgehead atoms. The lowest BCUT2D eigenvalue weighted by molar-refractivity contribution is 0.509. The van der Waals surface area contributed by atoms with Gasteiger partial charge in [0.1, 0.15) is 0 Å². The largest absolute Gasteiger partial charge is 0.378 e. The van der Waals surface area contributed by atoms with Gasteiger partial charge in [-0.2, -0.15) is 0 Å². The molecule has 3 heteroatoms. The molecule has 2 aromatic rings. The molecule has 88 valence electrons. The van der Waals surface area contributed by atoms with Crippen LogP contribution in [-0.4, -0.2) is 0 Å². The van der Waals surface area contributed by atoms with Crippen molar-refractivity contribution in [2.45, 2.75) is 13.0 Å². The minimum atomic E-state index is -0.838. The summed E-state index contributed by atoms with van der Waals surface area (Å²) in [5.41, 5.74) is 1.66. The molecule has 0 heterocycles. The van der Waals surface area contributed by atoms with E-state index in [1.807, 2.05) is 37.3 Å². The van der Waals surface area contributed by atoms with Crippen LogP contribution in [0.3, 0.4) is 0 Å². The van der Waals surface area contributed by atoms with E-state index in [1.165, 1.54) is 6.07 Å². The molecule has 0 saturated heterocycles. The van der Waals surface area contributed by atoms with Gasteiger partial charge in [-0.1, -0.05) is 30.3 Å². The maximum absolute atomic E-state index is 13.0. The van der Waals surface area contributed by atoms with Crippen molar-refractivity contribution in [1.82, 2.24) is 0 Å². The molecule has 0 saturated carbocycles. The average molecular weight is 233 g/mol. The van der Waals surface area contributed by atoms with Gasteiger partial charge in [-0.25, -0.2) is 8.78 Å². The predicted octanol–water partition coefficient (Wildman–Crippen LogP) is 4.14. The monoisotopic (exact) mass is 233 g/mol. The van der Waals surface area contributed by atoms with E-state index < -0.39 is 11.6 Å². The summed E-state index contributed by atoms with van der Waals surface area (Å²) in [6.07, 6.45) is 0. The van der Waals surface area contributed by atoms with Crippen LogP contribution in [0.5, 0.6) is 0 Å². The molecule has 1 atom stereocenters. The van der Waals surface area contributed by atoms with Gasteiger partial charge >= 0.3 is 0 Å². The summed E-state index contributed by atoms with van der Waals surface area (Å²) >= 11 is 0. The van der Waals surface area contributed by atoms with Crippen molar-refractivity contribution >= 4 is 5.69 Å². The Morgan fingerprint density at radius 1 is 0.941 bits per heavy atom. The highest BCUT2D eigenvalue weighted by Crippen LogP contribution is 2.20. The highest BCUT2D eigenvalue weighted by molar-refractivity contribution is 5.45. The molecular weight excluding hydrogens is 220 g/mol. The smallest absolute Gasteiger partial charge is 0.160 e. The Kier molecular flexibility index (Phi) is 3.38. The first kappa shape index (κ1) is 11.6. The first-order valence-electron chi connectivity index (χ1n) is 5.43. The number of halogens is 2. The molecule has 2 aromatic carbocycles. The summed E-state index contributed by atoms with van der Waals surface area (Å²) in [4.78, 5) is 0. The van der Waals surface area contributed by atoms with Crippen LogP contribution in [0.15, 0.2) is 48.5 Å². The molecule has 0 aliphatic rings. The van der Waals surface area contributed by atoms with Crippen molar-refractivity contribution in [3.63, 3.8) is 0 Å². The fraction of sp³-hybridized carbons (Fsp3) is 0.143. The summed E-state index contributed by atoms with van der Waals surface area (Å²) in [5, 5.41) is 3.12. The topological polar surface area (TPSA) is 12.0 Å². The van der Waals surface area contributed by atoms with Crippen LogP contribution in [-0.2, 0) is 0 Å². The van der Waals surface area contributed by atoms with E-state index in [-0.39, 0.29) is 6.04 Å². The van der Waals surface area contributed by atoms with E-state index in [2.05, 4.69) is 5.32 Å². The fourth-order valence-electron chi connectivity index (χ4n) is 1.66. The minimum absolute atomic E-state index is 0.0426. The number of hydrogen-bond acceptors (Lipinski definition) is 1. The third-order valence-corrected chi connectivity index (χ3v) is 2.60. The van der Waals surface area contributed by atoms with Crippen LogP contribution >= 0.6 is 0 Å². The van der Waals surface area contributed by atoms with Crippen molar-refractivity contribution in [1.29, 1.82) is 0 Å². The second kappa shape index (κ2) is 4.95. The predicted molar refractivity (Wildman–Crippen MR) is 64.8 cm³/mol. The zero-order chi connectivity index (χ0) is 12.3. The van der Waals surface area contributed by atoms with Gasteiger partial charge < -0.3 is 5.32 Å². The van der Waals surface area contributed by atoms with Crippen molar-refractivity contribution < 1.29 is 8.78 Å². The van der Waals surface area contributed by atoms with Crippen LogP contribution in [0.1, 0.15) is 18.5 Å². The first-order valence-corrected chi connectivity index (χ1v) is 5.43. The average Bonchev–Trinajstić information content (AvgIpc) is 2.35. The van der Waals surface area contributed by atoms with Crippen molar-refractivity contribution in [3.05, 3.63) is 65.7 Å². The van der Waals surface area contributed by atoms with E-state index in [0.29, 0.717) is 5.69 Å². The SMILES string of the molecule is CC(Nc1ccc(F)c(F)c1)c1ccccc1. The Balaban J connectivity index is 2.13. The minimum Gasteiger partial charge on any atom is -0.378 e. The van der Waals surface area contributed by atoms with Crippen molar-refractivity contribution in [3.8, 4) is 0 Å². The molecule has 0 fully saturated rings. The van der Waals surface area contributed by atoms with Crippen LogP contribution < -0.4 is 5.32 Å². The molecule has 0 radical (unpaired) electrons. The second-order valence-electron chi connectivity index (χ2n) is 3.91. The number of hydrogen-bond donors (Lipinski definition) is 1. The first-order chi connectivity index (χ1) is 8.16. The third-order valence-electron chi connectivity index (χ3n) is 2.60. The van der Waals surface area contributed by atoms with Crippen LogP contribution in [0, 0.1) is 11.6 Å². The summed E-state index contributed by atoms with van der Waals surface area (Å²) in [5.74, 6) is -1.67. The Morgan fingerprint density at radius 2 is 1.65 bits per heavy atom. The Morgan fingerprint density at radius 3 is 2.29 bits per heavy atom. The number of anilines is 1. The molecule has 0 amide bonds. The van der Waals surface area contributed by atoms with E-state index in [4.69, 9.17) is 0 Å². The molecule has 0 aliphatic carbocycles. The molecule has 0 spiro atoms. The number of rotatable bonds is 3. The molecule has 2 rings (SSSR count). The van der Waals surface area contributed by atoms with E-state index in [9.17, 15) is 8.78 Å². The van der Waals surface area contributed by atoms with E-state index >= 15 is 0 Å². The van der Waals surface area contributed by atoms with Gasteiger partial charge in [-0.15, -0.1) is 0 Å². The number of nitrogens with one attached hydrogen (secondary N) is 1. The normalized spacial score (nSPS) is 12.2. The quantitative estimate of drug-likeness (QED) is 0.840. The lowest BCUT2D eigenvalue weighted by atomic mass is 10.1. The molecule has 1 nitrogen and oxygen atoms in total. The zero-order valence-corrected chi connectivity index (χ0v) is 9.45. The van der Waals surface area contributed by atoms with Crippen LogP contribution in [0.25, 0.3) is 0 Å².